The minimum absolute atomic E-state index is 0.00510. The topological polar surface area (TPSA) is 46.9 Å². The summed E-state index contributed by atoms with van der Waals surface area (Å²) in [6.07, 6.45) is 1.92. The summed E-state index contributed by atoms with van der Waals surface area (Å²) in [4.78, 5) is 16.1. The van der Waals surface area contributed by atoms with E-state index < -0.39 is 0 Å². The second-order valence-electron chi connectivity index (χ2n) is 4.03. The van der Waals surface area contributed by atoms with E-state index in [1.165, 1.54) is 0 Å². The first-order valence-corrected chi connectivity index (χ1v) is 5.91. The van der Waals surface area contributed by atoms with Gasteiger partial charge in [-0.1, -0.05) is 19.1 Å². The fraction of sp³-hybridized carbons (Fsp3) is 0.385. The number of amides is 1. The average Bonchev–Trinajstić information content (AvgIpc) is 2.68. The molecule has 1 heterocycles. The van der Waals surface area contributed by atoms with Crippen molar-refractivity contribution in [2.75, 3.05) is 7.05 Å². The van der Waals surface area contributed by atoms with Gasteiger partial charge < -0.3 is 9.88 Å². The van der Waals surface area contributed by atoms with Crippen LogP contribution in [-0.4, -0.2) is 22.5 Å². The number of carbonyl (C=O) groups excluding carboxylic acids is 1. The maximum atomic E-state index is 11.5. The number of nitrogens with one attached hydrogen (secondary N) is 1. The summed E-state index contributed by atoms with van der Waals surface area (Å²) in [5.74, 6) is 0.989. The highest BCUT2D eigenvalue weighted by atomic mass is 16.1. The molecule has 0 atom stereocenters. The molecule has 2 aromatic rings. The van der Waals surface area contributed by atoms with Crippen molar-refractivity contribution in [1.82, 2.24) is 14.9 Å². The summed E-state index contributed by atoms with van der Waals surface area (Å²) in [5, 5.41) is 2.65. The third kappa shape index (κ3) is 2.30. The second kappa shape index (κ2) is 4.99. The van der Waals surface area contributed by atoms with Gasteiger partial charge in [-0.05, 0) is 18.6 Å². The number of hydrogen-bond acceptors (Lipinski definition) is 2. The Hall–Kier alpha value is -1.84. The summed E-state index contributed by atoms with van der Waals surface area (Å²) in [7, 11) is 1.65. The number of imidazole rings is 1. The van der Waals surface area contributed by atoms with Crippen molar-refractivity contribution in [1.29, 1.82) is 0 Å². The molecule has 0 aliphatic carbocycles. The summed E-state index contributed by atoms with van der Waals surface area (Å²) in [6, 6.07) is 7.93. The van der Waals surface area contributed by atoms with Gasteiger partial charge in [0.2, 0.25) is 5.91 Å². The van der Waals surface area contributed by atoms with E-state index in [4.69, 9.17) is 0 Å². The Kier molecular flexibility index (Phi) is 3.42. The van der Waals surface area contributed by atoms with E-state index in [0.717, 1.165) is 29.7 Å². The van der Waals surface area contributed by atoms with Crippen molar-refractivity contribution in [3.8, 4) is 0 Å². The van der Waals surface area contributed by atoms with Crippen LogP contribution < -0.4 is 5.32 Å². The van der Waals surface area contributed by atoms with E-state index in [1.807, 2.05) is 28.8 Å². The number of hydrogen-bond donors (Lipinski definition) is 1. The quantitative estimate of drug-likeness (QED) is 0.871. The highest BCUT2D eigenvalue weighted by molar-refractivity contribution is 5.80. The van der Waals surface area contributed by atoms with Crippen LogP contribution in [0.2, 0.25) is 0 Å². The molecule has 0 aliphatic heterocycles. The highest BCUT2D eigenvalue weighted by Gasteiger charge is 2.11. The zero-order valence-corrected chi connectivity index (χ0v) is 10.2. The van der Waals surface area contributed by atoms with Gasteiger partial charge in [0.1, 0.15) is 12.4 Å². The van der Waals surface area contributed by atoms with Gasteiger partial charge in [-0.25, -0.2) is 4.98 Å². The molecular formula is C13H17N3O. The van der Waals surface area contributed by atoms with Crippen molar-refractivity contribution in [2.24, 2.45) is 0 Å². The van der Waals surface area contributed by atoms with Crippen LogP contribution in [0.5, 0.6) is 0 Å². The number of fused-ring (bicyclic) bond motifs is 1. The summed E-state index contributed by atoms with van der Waals surface area (Å²) < 4.78 is 2.00. The zero-order chi connectivity index (χ0) is 12.3. The molecule has 90 valence electrons. The first kappa shape index (κ1) is 11.6. The second-order valence-corrected chi connectivity index (χ2v) is 4.03. The van der Waals surface area contributed by atoms with Crippen LogP contribution >= 0.6 is 0 Å². The molecule has 0 bridgehead atoms. The minimum Gasteiger partial charge on any atom is -0.358 e. The fourth-order valence-electron chi connectivity index (χ4n) is 1.94. The van der Waals surface area contributed by atoms with Crippen LogP contribution in [-0.2, 0) is 17.8 Å². The Morgan fingerprint density at radius 1 is 1.41 bits per heavy atom. The molecule has 1 N–H and O–H groups in total. The molecular weight excluding hydrogens is 214 g/mol. The maximum absolute atomic E-state index is 11.5. The van der Waals surface area contributed by atoms with Gasteiger partial charge in [-0.3, -0.25) is 4.79 Å². The molecule has 4 heteroatoms. The third-order valence-electron chi connectivity index (χ3n) is 2.79. The Bertz CT molecular complexity index is 530. The van der Waals surface area contributed by atoms with Crippen LogP contribution in [0.25, 0.3) is 11.0 Å². The predicted octanol–water partition coefficient (Wildman–Crippen LogP) is 1.73. The molecule has 0 spiro atoms. The monoisotopic (exact) mass is 231 g/mol. The molecule has 1 amide bonds. The lowest BCUT2D eigenvalue weighted by Crippen LogP contribution is -2.24. The minimum atomic E-state index is 0.00510. The average molecular weight is 231 g/mol. The molecule has 17 heavy (non-hydrogen) atoms. The Morgan fingerprint density at radius 3 is 2.88 bits per heavy atom. The summed E-state index contributed by atoms with van der Waals surface area (Å²) in [5.41, 5.74) is 1.99. The van der Waals surface area contributed by atoms with Gasteiger partial charge in [0.25, 0.3) is 0 Å². The van der Waals surface area contributed by atoms with Crippen LogP contribution in [0, 0.1) is 0 Å². The third-order valence-corrected chi connectivity index (χ3v) is 2.79. The molecule has 0 aliphatic rings. The van der Waals surface area contributed by atoms with Gasteiger partial charge in [-0.2, -0.15) is 0 Å². The molecule has 1 aromatic carbocycles. The number of aromatic nitrogens is 2. The first-order chi connectivity index (χ1) is 8.26. The predicted molar refractivity (Wildman–Crippen MR) is 67.8 cm³/mol. The molecule has 0 saturated heterocycles. The van der Waals surface area contributed by atoms with Crippen LogP contribution in [0.1, 0.15) is 19.2 Å². The number of likely N-dealkylation sites (N-methyl/N-ethyl adjacent to an activating group) is 1. The molecule has 4 nitrogen and oxygen atoms in total. The number of rotatable bonds is 4. The number of aryl methyl sites for hydroxylation is 1. The zero-order valence-electron chi connectivity index (χ0n) is 10.2. The SMILES string of the molecule is CCCc1nc2ccccc2n1CC(=O)NC. The van der Waals surface area contributed by atoms with Crippen LogP contribution in [0.4, 0.5) is 0 Å². The maximum Gasteiger partial charge on any atom is 0.239 e. The standard InChI is InChI=1S/C13H17N3O/c1-3-6-12-15-10-7-4-5-8-11(10)16(12)9-13(17)14-2/h4-5,7-8H,3,6,9H2,1-2H3,(H,14,17). The van der Waals surface area contributed by atoms with Gasteiger partial charge >= 0.3 is 0 Å². The number of para-hydroxylation sites is 2. The Balaban J connectivity index is 2.47. The van der Waals surface area contributed by atoms with E-state index >= 15 is 0 Å². The summed E-state index contributed by atoms with van der Waals surface area (Å²) >= 11 is 0. The molecule has 0 fully saturated rings. The van der Waals surface area contributed by atoms with Gasteiger partial charge in [0.05, 0.1) is 11.0 Å². The lowest BCUT2D eigenvalue weighted by molar-refractivity contribution is -0.121. The van der Waals surface area contributed by atoms with E-state index in [0.29, 0.717) is 6.54 Å². The van der Waals surface area contributed by atoms with Gasteiger partial charge in [-0.15, -0.1) is 0 Å². The van der Waals surface area contributed by atoms with E-state index in [-0.39, 0.29) is 5.91 Å². The fourth-order valence-corrected chi connectivity index (χ4v) is 1.94. The lowest BCUT2D eigenvalue weighted by atomic mass is 10.3. The summed E-state index contributed by atoms with van der Waals surface area (Å²) in [6.45, 7) is 2.45. The number of nitrogens with zero attached hydrogens (tertiary/aromatic N) is 2. The lowest BCUT2D eigenvalue weighted by Gasteiger charge is -2.07. The normalized spacial score (nSPS) is 10.7. The van der Waals surface area contributed by atoms with Gasteiger partial charge in [0.15, 0.2) is 0 Å². The van der Waals surface area contributed by atoms with Crippen molar-refractivity contribution in [3.63, 3.8) is 0 Å². The Morgan fingerprint density at radius 2 is 2.18 bits per heavy atom. The highest BCUT2D eigenvalue weighted by Crippen LogP contribution is 2.16. The van der Waals surface area contributed by atoms with E-state index in [9.17, 15) is 4.79 Å². The van der Waals surface area contributed by atoms with Crippen molar-refractivity contribution in [2.45, 2.75) is 26.3 Å². The Labute approximate surface area is 101 Å². The number of benzene rings is 1. The van der Waals surface area contributed by atoms with Gasteiger partial charge in [0, 0.05) is 13.5 Å². The van der Waals surface area contributed by atoms with Crippen molar-refractivity contribution < 1.29 is 4.79 Å². The smallest absolute Gasteiger partial charge is 0.239 e. The van der Waals surface area contributed by atoms with Crippen LogP contribution in [0.3, 0.4) is 0 Å². The van der Waals surface area contributed by atoms with E-state index in [2.05, 4.69) is 17.2 Å². The molecule has 0 saturated carbocycles. The van der Waals surface area contributed by atoms with Crippen molar-refractivity contribution in [3.05, 3.63) is 30.1 Å². The molecule has 2 rings (SSSR count). The van der Waals surface area contributed by atoms with Crippen LogP contribution in [0.15, 0.2) is 24.3 Å². The first-order valence-electron chi connectivity index (χ1n) is 5.91. The molecule has 0 unspecified atom stereocenters. The van der Waals surface area contributed by atoms with E-state index in [1.54, 1.807) is 7.05 Å². The molecule has 1 aromatic heterocycles. The number of carbonyl (C=O) groups is 1. The molecule has 0 radical (unpaired) electrons. The van der Waals surface area contributed by atoms with Crippen molar-refractivity contribution >= 4 is 16.9 Å². The largest absolute Gasteiger partial charge is 0.358 e.